The smallest absolute Gasteiger partial charge is 0.240 e. The number of rotatable bonds is 3. The highest BCUT2D eigenvalue weighted by Crippen LogP contribution is 2.24. The van der Waals surface area contributed by atoms with Gasteiger partial charge in [0.25, 0.3) is 0 Å². The fraction of sp³-hybridized carbons (Fsp3) is 0.455. The van der Waals surface area contributed by atoms with Gasteiger partial charge in [0.2, 0.25) is 10.0 Å². The third-order valence-electron chi connectivity index (χ3n) is 2.83. The SMILES string of the molecule is Nc1ccc(S(=O)(=O)NC2CCSCC2)cc1Br. The summed E-state index contributed by atoms with van der Waals surface area (Å²) < 4.78 is 27.7. The fourth-order valence-electron chi connectivity index (χ4n) is 1.78. The van der Waals surface area contributed by atoms with Crippen LogP contribution in [0.3, 0.4) is 0 Å². The lowest BCUT2D eigenvalue weighted by Crippen LogP contribution is -2.37. The van der Waals surface area contributed by atoms with Crippen molar-refractivity contribution < 1.29 is 8.42 Å². The number of halogens is 1. The first-order valence-corrected chi connectivity index (χ1v) is 9.07. The molecule has 4 nitrogen and oxygen atoms in total. The first-order chi connectivity index (χ1) is 8.49. The molecule has 1 aliphatic rings. The monoisotopic (exact) mass is 350 g/mol. The van der Waals surface area contributed by atoms with Gasteiger partial charge >= 0.3 is 0 Å². The number of benzene rings is 1. The van der Waals surface area contributed by atoms with Crippen LogP contribution in [0.4, 0.5) is 5.69 Å². The van der Waals surface area contributed by atoms with Crippen molar-refractivity contribution in [3.63, 3.8) is 0 Å². The lowest BCUT2D eigenvalue weighted by atomic mass is 10.2. The van der Waals surface area contributed by atoms with Gasteiger partial charge in [-0.1, -0.05) is 0 Å². The molecule has 1 fully saturated rings. The summed E-state index contributed by atoms with van der Waals surface area (Å²) in [5.74, 6) is 2.03. The van der Waals surface area contributed by atoms with Crippen LogP contribution < -0.4 is 10.5 Å². The number of nitrogens with two attached hydrogens (primary N) is 1. The molecule has 7 heteroatoms. The van der Waals surface area contributed by atoms with Crippen molar-refractivity contribution in [1.29, 1.82) is 0 Å². The molecule has 3 N–H and O–H groups in total. The van der Waals surface area contributed by atoms with E-state index in [9.17, 15) is 8.42 Å². The van der Waals surface area contributed by atoms with Crippen LogP contribution in [0, 0.1) is 0 Å². The van der Waals surface area contributed by atoms with Crippen molar-refractivity contribution in [2.45, 2.75) is 23.8 Å². The minimum atomic E-state index is -3.44. The first-order valence-electron chi connectivity index (χ1n) is 5.64. The van der Waals surface area contributed by atoms with Gasteiger partial charge in [-0.15, -0.1) is 0 Å². The Morgan fingerprint density at radius 2 is 2.00 bits per heavy atom. The average molecular weight is 351 g/mol. The van der Waals surface area contributed by atoms with Gasteiger partial charge in [-0.25, -0.2) is 13.1 Å². The molecule has 0 aromatic heterocycles. The van der Waals surface area contributed by atoms with E-state index in [4.69, 9.17) is 5.73 Å². The van der Waals surface area contributed by atoms with Crippen molar-refractivity contribution in [1.82, 2.24) is 4.72 Å². The largest absolute Gasteiger partial charge is 0.398 e. The molecule has 0 amide bonds. The van der Waals surface area contributed by atoms with E-state index in [0.29, 0.717) is 10.2 Å². The molecule has 0 radical (unpaired) electrons. The number of nitrogens with one attached hydrogen (secondary N) is 1. The molecule has 0 unspecified atom stereocenters. The summed E-state index contributed by atoms with van der Waals surface area (Å²) in [5, 5.41) is 0. The highest BCUT2D eigenvalue weighted by molar-refractivity contribution is 9.10. The standard InChI is InChI=1S/C11H15BrN2O2S2/c12-10-7-9(1-2-11(10)13)18(15,16)14-8-3-5-17-6-4-8/h1-2,7-8,14H,3-6,13H2. The summed E-state index contributed by atoms with van der Waals surface area (Å²) >= 11 is 5.11. The summed E-state index contributed by atoms with van der Waals surface area (Å²) in [5.41, 5.74) is 6.18. The second kappa shape index (κ2) is 5.81. The highest BCUT2D eigenvalue weighted by atomic mass is 79.9. The molecule has 18 heavy (non-hydrogen) atoms. The van der Waals surface area contributed by atoms with E-state index >= 15 is 0 Å². The summed E-state index contributed by atoms with van der Waals surface area (Å²) in [4.78, 5) is 0.252. The summed E-state index contributed by atoms with van der Waals surface area (Å²) in [6.45, 7) is 0. The quantitative estimate of drug-likeness (QED) is 0.819. The zero-order valence-electron chi connectivity index (χ0n) is 9.73. The minimum absolute atomic E-state index is 0.0487. The van der Waals surface area contributed by atoms with Crippen molar-refractivity contribution in [3.05, 3.63) is 22.7 Å². The number of thioether (sulfide) groups is 1. The van der Waals surface area contributed by atoms with E-state index in [2.05, 4.69) is 20.7 Å². The van der Waals surface area contributed by atoms with Gasteiger partial charge in [0.1, 0.15) is 0 Å². The van der Waals surface area contributed by atoms with Gasteiger partial charge in [0.05, 0.1) is 4.90 Å². The third kappa shape index (κ3) is 3.40. The van der Waals surface area contributed by atoms with E-state index < -0.39 is 10.0 Å². The van der Waals surface area contributed by atoms with Gasteiger partial charge < -0.3 is 5.73 Å². The summed E-state index contributed by atoms with van der Waals surface area (Å²) in [7, 11) is -3.44. The molecule has 100 valence electrons. The topological polar surface area (TPSA) is 72.2 Å². The minimum Gasteiger partial charge on any atom is -0.398 e. The van der Waals surface area contributed by atoms with Crippen LogP contribution in [-0.4, -0.2) is 26.0 Å². The van der Waals surface area contributed by atoms with Gasteiger partial charge in [0, 0.05) is 16.2 Å². The second-order valence-electron chi connectivity index (χ2n) is 4.19. The molecule has 1 heterocycles. The van der Waals surface area contributed by atoms with Gasteiger partial charge in [-0.05, 0) is 58.5 Å². The Morgan fingerprint density at radius 1 is 1.33 bits per heavy atom. The molecule has 0 spiro atoms. The van der Waals surface area contributed by atoms with Crippen molar-refractivity contribution in [3.8, 4) is 0 Å². The first kappa shape index (κ1) is 14.2. The Kier molecular flexibility index (Phi) is 4.58. The summed E-state index contributed by atoms with van der Waals surface area (Å²) in [6, 6.07) is 4.71. The van der Waals surface area contributed by atoms with Crippen LogP contribution >= 0.6 is 27.7 Å². The number of sulfonamides is 1. The van der Waals surface area contributed by atoms with E-state index in [0.717, 1.165) is 24.3 Å². The van der Waals surface area contributed by atoms with E-state index in [1.54, 1.807) is 6.07 Å². The predicted octanol–water partition coefficient (Wildman–Crippen LogP) is 2.21. The average Bonchev–Trinajstić information content (AvgIpc) is 2.33. The van der Waals surface area contributed by atoms with Gasteiger partial charge in [-0.3, -0.25) is 0 Å². The van der Waals surface area contributed by atoms with Crippen LogP contribution in [0.5, 0.6) is 0 Å². The van der Waals surface area contributed by atoms with Crippen LogP contribution in [0.15, 0.2) is 27.6 Å². The summed E-state index contributed by atoms with van der Waals surface area (Å²) in [6.07, 6.45) is 1.78. The van der Waals surface area contributed by atoms with Crippen molar-refractivity contribution >= 4 is 43.4 Å². The van der Waals surface area contributed by atoms with Crippen LogP contribution in [-0.2, 0) is 10.0 Å². The van der Waals surface area contributed by atoms with Crippen LogP contribution in [0.2, 0.25) is 0 Å². The van der Waals surface area contributed by atoms with Crippen molar-refractivity contribution in [2.24, 2.45) is 0 Å². The molecule has 0 atom stereocenters. The van der Waals surface area contributed by atoms with Crippen LogP contribution in [0.25, 0.3) is 0 Å². The van der Waals surface area contributed by atoms with E-state index in [1.807, 2.05) is 11.8 Å². The van der Waals surface area contributed by atoms with Gasteiger partial charge in [0.15, 0.2) is 0 Å². The zero-order chi connectivity index (χ0) is 13.2. The Hall–Kier alpha value is -0.240. The van der Waals surface area contributed by atoms with E-state index in [-0.39, 0.29) is 10.9 Å². The second-order valence-corrected chi connectivity index (χ2v) is 7.98. The molecule has 1 aliphatic heterocycles. The fourth-order valence-corrected chi connectivity index (χ4v) is 4.75. The Labute approximate surface area is 120 Å². The Morgan fingerprint density at radius 3 is 2.61 bits per heavy atom. The maximum absolute atomic E-state index is 12.2. The zero-order valence-corrected chi connectivity index (χ0v) is 12.9. The molecular weight excluding hydrogens is 336 g/mol. The number of hydrogen-bond acceptors (Lipinski definition) is 4. The number of hydrogen-bond donors (Lipinski definition) is 2. The Bertz CT molecular complexity index is 528. The highest BCUT2D eigenvalue weighted by Gasteiger charge is 2.22. The lowest BCUT2D eigenvalue weighted by molar-refractivity contribution is 0.529. The maximum Gasteiger partial charge on any atom is 0.240 e. The number of anilines is 1. The normalized spacial score (nSPS) is 17.8. The van der Waals surface area contributed by atoms with Crippen molar-refractivity contribution in [2.75, 3.05) is 17.2 Å². The lowest BCUT2D eigenvalue weighted by Gasteiger charge is -2.22. The molecule has 0 aliphatic carbocycles. The molecule has 1 saturated heterocycles. The molecule has 0 saturated carbocycles. The Balaban J connectivity index is 2.16. The third-order valence-corrected chi connectivity index (χ3v) is 6.08. The molecule has 1 aromatic carbocycles. The van der Waals surface area contributed by atoms with Crippen LogP contribution in [0.1, 0.15) is 12.8 Å². The predicted molar refractivity (Wildman–Crippen MR) is 79.2 cm³/mol. The maximum atomic E-state index is 12.2. The number of nitrogen functional groups attached to an aromatic ring is 1. The van der Waals surface area contributed by atoms with E-state index in [1.165, 1.54) is 12.1 Å². The van der Waals surface area contributed by atoms with Gasteiger partial charge in [-0.2, -0.15) is 11.8 Å². The molecule has 1 aromatic rings. The molecule has 2 rings (SSSR count). The molecule has 0 bridgehead atoms. The molecular formula is C11H15BrN2O2S2.